The number of para-hydroxylation sites is 2. The Hall–Kier alpha value is -1.55. The second-order valence-corrected chi connectivity index (χ2v) is 4.75. The van der Waals surface area contributed by atoms with E-state index in [2.05, 4.69) is 5.32 Å². The maximum absolute atomic E-state index is 12.0. The lowest BCUT2D eigenvalue weighted by Crippen LogP contribution is -2.22. The molecule has 0 heterocycles. The first-order valence-electron chi connectivity index (χ1n) is 6.45. The fraction of sp³-hybridized carbons (Fsp3) is 0.500. The molecule has 1 aliphatic rings. The van der Waals surface area contributed by atoms with Crippen molar-refractivity contribution in [3.8, 4) is 5.75 Å². The first-order chi connectivity index (χ1) is 8.72. The minimum atomic E-state index is 0.0706. The monoisotopic (exact) mass is 248 g/mol. The van der Waals surface area contributed by atoms with Gasteiger partial charge in [0.1, 0.15) is 12.4 Å². The van der Waals surface area contributed by atoms with E-state index in [0.29, 0.717) is 24.8 Å². The first kappa shape index (κ1) is 12.9. The van der Waals surface area contributed by atoms with Crippen molar-refractivity contribution in [2.75, 3.05) is 18.5 Å². The lowest BCUT2D eigenvalue weighted by Gasteiger charge is -2.14. The van der Waals surface area contributed by atoms with E-state index in [9.17, 15) is 4.79 Å². The predicted molar refractivity (Wildman–Crippen MR) is 71.5 cm³/mol. The van der Waals surface area contributed by atoms with Crippen molar-refractivity contribution in [3.63, 3.8) is 0 Å². The number of nitrogens with one attached hydrogen (secondary N) is 1. The van der Waals surface area contributed by atoms with E-state index in [-0.39, 0.29) is 11.8 Å². The SMILES string of the molecule is CC(C(=O)Nc1ccccc1OCCN)C1CC1. The van der Waals surface area contributed by atoms with Crippen LogP contribution in [0.15, 0.2) is 24.3 Å². The topological polar surface area (TPSA) is 64.3 Å². The van der Waals surface area contributed by atoms with Gasteiger partial charge in [0.25, 0.3) is 0 Å². The fourth-order valence-electron chi connectivity index (χ4n) is 1.92. The molecule has 1 aromatic carbocycles. The van der Waals surface area contributed by atoms with Gasteiger partial charge >= 0.3 is 0 Å². The Labute approximate surface area is 108 Å². The highest BCUT2D eigenvalue weighted by atomic mass is 16.5. The fourth-order valence-corrected chi connectivity index (χ4v) is 1.92. The van der Waals surface area contributed by atoms with Gasteiger partial charge in [0.15, 0.2) is 0 Å². The molecule has 1 aromatic rings. The summed E-state index contributed by atoms with van der Waals surface area (Å²) in [7, 11) is 0. The van der Waals surface area contributed by atoms with E-state index in [1.54, 1.807) is 0 Å². The molecule has 3 N–H and O–H groups in total. The largest absolute Gasteiger partial charge is 0.490 e. The summed E-state index contributed by atoms with van der Waals surface area (Å²) < 4.78 is 5.50. The summed E-state index contributed by atoms with van der Waals surface area (Å²) in [6.45, 7) is 2.89. The molecule has 4 nitrogen and oxygen atoms in total. The highest BCUT2D eigenvalue weighted by molar-refractivity contribution is 5.94. The summed E-state index contributed by atoms with van der Waals surface area (Å²) in [6.07, 6.45) is 2.33. The number of hydrogen-bond acceptors (Lipinski definition) is 3. The first-order valence-corrected chi connectivity index (χ1v) is 6.45. The van der Waals surface area contributed by atoms with Gasteiger partial charge in [-0.1, -0.05) is 19.1 Å². The van der Waals surface area contributed by atoms with E-state index in [1.165, 1.54) is 12.8 Å². The van der Waals surface area contributed by atoms with Crippen LogP contribution < -0.4 is 15.8 Å². The zero-order valence-corrected chi connectivity index (χ0v) is 10.7. The molecule has 1 saturated carbocycles. The van der Waals surface area contributed by atoms with Crippen LogP contribution in [0.25, 0.3) is 0 Å². The molecule has 0 radical (unpaired) electrons. The van der Waals surface area contributed by atoms with Crippen molar-refractivity contribution in [2.24, 2.45) is 17.6 Å². The number of carbonyl (C=O) groups is 1. The zero-order valence-electron chi connectivity index (χ0n) is 10.7. The van der Waals surface area contributed by atoms with Crippen molar-refractivity contribution >= 4 is 11.6 Å². The molecular weight excluding hydrogens is 228 g/mol. The van der Waals surface area contributed by atoms with Crippen molar-refractivity contribution < 1.29 is 9.53 Å². The molecule has 98 valence electrons. The maximum atomic E-state index is 12.0. The normalized spacial score (nSPS) is 16.1. The number of amides is 1. The molecule has 1 fully saturated rings. The number of hydrogen-bond donors (Lipinski definition) is 2. The van der Waals surface area contributed by atoms with Gasteiger partial charge in [0.2, 0.25) is 5.91 Å². The van der Waals surface area contributed by atoms with E-state index < -0.39 is 0 Å². The molecule has 4 heteroatoms. The van der Waals surface area contributed by atoms with Gasteiger partial charge in [-0.15, -0.1) is 0 Å². The standard InChI is InChI=1S/C14H20N2O2/c1-10(11-6-7-11)14(17)16-12-4-2-3-5-13(12)18-9-8-15/h2-5,10-11H,6-9,15H2,1H3,(H,16,17). The third-order valence-electron chi connectivity index (χ3n) is 3.26. The van der Waals surface area contributed by atoms with Crippen LogP contribution in [-0.2, 0) is 4.79 Å². The molecule has 0 saturated heterocycles. The van der Waals surface area contributed by atoms with Gasteiger partial charge < -0.3 is 15.8 Å². The van der Waals surface area contributed by atoms with E-state index in [1.807, 2.05) is 31.2 Å². The van der Waals surface area contributed by atoms with Crippen LogP contribution in [0.4, 0.5) is 5.69 Å². The molecule has 2 rings (SSSR count). The number of benzene rings is 1. The van der Waals surface area contributed by atoms with Crippen molar-refractivity contribution in [1.82, 2.24) is 0 Å². The maximum Gasteiger partial charge on any atom is 0.227 e. The Kier molecular flexibility index (Phi) is 4.20. The molecule has 1 amide bonds. The van der Waals surface area contributed by atoms with Crippen molar-refractivity contribution in [3.05, 3.63) is 24.3 Å². The van der Waals surface area contributed by atoms with Crippen LogP contribution in [0.2, 0.25) is 0 Å². The number of nitrogens with two attached hydrogens (primary N) is 1. The molecule has 0 aliphatic heterocycles. The van der Waals surface area contributed by atoms with Crippen LogP contribution >= 0.6 is 0 Å². The van der Waals surface area contributed by atoms with Crippen LogP contribution in [0.3, 0.4) is 0 Å². The molecule has 18 heavy (non-hydrogen) atoms. The summed E-state index contributed by atoms with van der Waals surface area (Å²) in [4.78, 5) is 12.0. The average molecular weight is 248 g/mol. The molecule has 0 spiro atoms. The van der Waals surface area contributed by atoms with Crippen molar-refractivity contribution in [1.29, 1.82) is 0 Å². The van der Waals surface area contributed by atoms with Crippen LogP contribution in [0.5, 0.6) is 5.75 Å². The van der Waals surface area contributed by atoms with E-state index in [4.69, 9.17) is 10.5 Å². The molecule has 0 bridgehead atoms. The van der Waals surface area contributed by atoms with Crippen LogP contribution in [-0.4, -0.2) is 19.1 Å². The van der Waals surface area contributed by atoms with Gasteiger partial charge in [0, 0.05) is 12.5 Å². The summed E-state index contributed by atoms with van der Waals surface area (Å²) >= 11 is 0. The Morgan fingerprint density at radius 1 is 1.50 bits per heavy atom. The molecule has 1 atom stereocenters. The third-order valence-corrected chi connectivity index (χ3v) is 3.26. The lowest BCUT2D eigenvalue weighted by atomic mass is 10.1. The lowest BCUT2D eigenvalue weighted by molar-refractivity contribution is -0.119. The second kappa shape index (κ2) is 5.87. The summed E-state index contributed by atoms with van der Waals surface area (Å²) in [6, 6.07) is 7.45. The minimum Gasteiger partial charge on any atom is -0.490 e. The van der Waals surface area contributed by atoms with Gasteiger partial charge in [-0.2, -0.15) is 0 Å². The Bertz CT molecular complexity index is 416. The Morgan fingerprint density at radius 2 is 2.22 bits per heavy atom. The van der Waals surface area contributed by atoms with Gasteiger partial charge in [-0.25, -0.2) is 0 Å². The molecular formula is C14H20N2O2. The highest BCUT2D eigenvalue weighted by Gasteiger charge is 2.32. The predicted octanol–water partition coefficient (Wildman–Crippen LogP) is 2.01. The number of carbonyl (C=O) groups excluding carboxylic acids is 1. The molecule has 1 aliphatic carbocycles. The number of anilines is 1. The van der Waals surface area contributed by atoms with Gasteiger partial charge in [-0.3, -0.25) is 4.79 Å². The Balaban J connectivity index is 2.00. The van der Waals surface area contributed by atoms with Gasteiger partial charge in [-0.05, 0) is 30.9 Å². The summed E-state index contributed by atoms with van der Waals surface area (Å²) in [5.74, 6) is 1.38. The molecule has 1 unspecified atom stereocenters. The van der Waals surface area contributed by atoms with Crippen molar-refractivity contribution in [2.45, 2.75) is 19.8 Å². The summed E-state index contributed by atoms with van der Waals surface area (Å²) in [5, 5.41) is 2.94. The molecule has 0 aromatic heterocycles. The van der Waals surface area contributed by atoms with E-state index in [0.717, 1.165) is 5.69 Å². The summed E-state index contributed by atoms with van der Waals surface area (Å²) in [5.41, 5.74) is 6.14. The average Bonchev–Trinajstić information content (AvgIpc) is 3.21. The zero-order chi connectivity index (χ0) is 13.0. The quantitative estimate of drug-likeness (QED) is 0.809. The van der Waals surface area contributed by atoms with Gasteiger partial charge in [0.05, 0.1) is 5.69 Å². The van der Waals surface area contributed by atoms with Crippen LogP contribution in [0, 0.1) is 11.8 Å². The van der Waals surface area contributed by atoms with Crippen LogP contribution in [0.1, 0.15) is 19.8 Å². The number of rotatable bonds is 6. The second-order valence-electron chi connectivity index (χ2n) is 4.75. The minimum absolute atomic E-state index is 0.0706. The third kappa shape index (κ3) is 3.23. The van der Waals surface area contributed by atoms with E-state index >= 15 is 0 Å². The highest BCUT2D eigenvalue weighted by Crippen LogP contribution is 2.37. The Morgan fingerprint density at radius 3 is 2.89 bits per heavy atom. The number of ether oxygens (including phenoxy) is 1. The smallest absolute Gasteiger partial charge is 0.227 e.